The van der Waals surface area contributed by atoms with Gasteiger partial charge in [-0.2, -0.15) is 0 Å². The minimum atomic E-state index is -0.536. The number of hydrogen-bond acceptors (Lipinski definition) is 5. The first-order chi connectivity index (χ1) is 8.97. The number of rotatable bonds is 4. The summed E-state index contributed by atoms with van der Waals surface area (Å²) in [5, 5.41) is 15.0. The molecule has 1 N–H and O–H groups in total. The highest BCUT2D eigenvalue weighted by Gasteiger charge is 2.14. The Balaban J connectivity index is 2.18. The molecule has 8 heteroatoms. The molecule has 0 aliphatic carbocycles. The van der Waals surface area contributed by atoms with Gasteiger partial charge in [0, 0.05) is 23.2 Å². The van der Waals surface area contributed by atoms with Gasteiger partial charge in [0.25, 0.3) is 5.69 Å². The summed E-state index contributed by atoms with van der Waals surface area (Å²) < 4.78 is 0. The van der Waals surface area contributed by atoms with Gasteiger partial charge in [-0.25, -0.2) is 4.98 Å². The third-order valence-electron chi connectivity index (χ3n) is 2.32. The minimum absolute atomic E-state index is 0.134. The van der Waals surface area contributed by atoms with Crippen molar-refractivity contribution in [2.45, 2.75) is 13.5 Å². The zero-order chi connectivity index (χ0) is 14.0. The molecule has 19 heavy (non-hydrogen) atoms. The van der Waals surface area contributed by atoms with Crippen LogP contribution in [0.1, 0.15) is 9.88 Å². The van der Waals surface area contributed by atoms with Crippen molar-refractivity contribution in [2.24, 2.45) is 0 Å². The van der Waals surface area contributed by atoms with Gasteiger partial charge in [0.05, 0.1) is 27.2 Å². The van der Waals surface area contributed by atoms with Gasteiger partial charge >= 0.3 is 0 Å². The average Bonchev–Trinajstić information content (AvgIpc) is 2.73. The number of nitrogens with zero attached hydrogens (tertiary/aromatic N) is 2. The number of hydrogen-bond donors (Lipinski definition) is 1. The van der Waals surface area contributed by atoms with Gasteiger partial charge in [0.15, 0.2) is 0 Å². The Morgan fingerprint density at radius 1 is 1.42 bits per heavy atom. The number of aromatic nitrogens is 1. The van der Waals surface area contributed by atoms with E-state index in [1.807, 2.05) is 6.92 Å². The van der Waals surface area contributed by atoms with Gasteiger partial charge in [-0.15, -0.1) is 11.3 Å². The largest absolute Gasteiger partial charge is 0.376 e. The van der Waals surface area contributed by atoms with Crippen LogP contribution in [0, 0.1) is 17.0 Å². The fraction of sp³-hybridized carbons (Fsp3) is 0.182. The standard InChI is InChI=1S/C11H9Cl2N3O2S/c1-6-4-14-10(19-6)5-15-11-8(12)2-7(16(17)18)3-9(11)13/h2-4,15H,5H2,1H3. The molecule has 0 atom stereocenters. The van der Waals surface area contributed by atoms with Crippen molar-refractivity contribution in [3.8, 4) is 0 Å². The molecule has 1 aromatic carbocycles. The zero-order valence-electron chi connectivity index (χ0n) is 9.81. The Morgan fingerprint density at radius 2 is 2.05 bits per heavy atom. The fourth-order valence-corrected chi connectivity index (χ4v) is 2.82. The van der Waals surface area contributed by atoms with Crippen molar-refractivity contribution in [3.05, 3.63) is 48.4 Å². The summed E-state index contributed by atoms with van der Waals surface area (Å²) in [5.41, 5.74) is 0.340. The number of nitrogens with one attached hydrogen (secondary N) is 1. The molecule has 2 aromatic rings. The minimum Gasteiger partial charge on any atom is -0.376 e. The molecule has 0 aliphatic rings. The highest BCUT2D eigenvalue weighted by Crippen LogP contribution is 2.35. The number of nitro groups is 1. The maximum atomic E-state index is 10.7. The molecular formula is C11H9Cl2N3O2S. The molecule has 0 amide bonds. The van der Waals surface area contributed by atoms with Gasteiger partial charge in [-0.1, -0.05) is 23.2 Å². The lowest BCUT2D eigenvalue weighted by Crippen LogP contribution is -2.01. The molecular weight excluding hydrogens is 309 g/mol. The molecule has 0 fully saturated rings. The molecule has 0 saturated carbocycles. The van der Waals surface area contributed by atoms with E-state index >= 15 is 0 Å². The molecule has 2 rings (SSSR count). The summed E-state index contributed by atoms with van der Waals surface area (Å²) >= 11 is 13.5. The van der Waals surface area contributed by atoms with Crippen molar-refractivity contribution in [2.75, 3.05) is 5.32 Å². The maximum Gasteiger partial charge on any atom is 0.272 e. The lowest BCUT2D eigenvalue weighted by molar-refractivity contribution is -0.384. The normalized spacial score (nSPS) is 10.5. The van der Waals surface area contributed by atoms with Crippen LogP contribution in [-0.2, 0) is 6.54 Å². The monoisotopic (exact) mass is 317 g/mol. The Hall–Kier alpha value is -1.37. The second-order valence-electron chi connectivity index (χ2n) is 3.76. The Kier molecular flexibility index (Phi) is 4.24. The molecule has 0 unspecified atom stereocenters. The van der Waals surface area contributed by atoms with E-state index in [1.165, 1.54) is 12.1 Å². The van der Waals surface area contributed by atoms with Crippen LogP contribution in [0.3, 0.4) is 0 Å². The van der Waals surface area contributed by atoms with E-state index in [9.17, 15) is 10.1 Å². The van der Waals surface area contributed by atoms with E-state index in [-0.39, 0.29) is 15.7 Å². The Bertz CT molecular complexity index is 607. The number of aryl methyl sites for hydroxylation is 1. The lowest BCUT2D eigenvalue weighted by atomic mass is 10.3. The van der Waals surface area contributed by atoms with Gasteiger partial charge in [-0.05, 0) is 6.92 Å². The molecule has 5 nitrogen and oxygen atoms in total. The average molecular weight is 318 g/mol. The molecule has 0 radical (unpaired) electrons. The van der Waals surface area contributed by atoms with Crippen molar-refractivity contribution >= 4 is 45.9 Å². The summed E-state index contributed by atoms with van der Waals surface area (Å²) in [5.74, 6) is 0. The van der Waals surface area contributed by atoms with Crippen LogP contribution in [0.15, 0.2) is 18.3 Å². The molecule has 0 bridgehead atoms. The van der Waals surface area contributed by atoms with Gasteiger partial charge in [0.2, 0.25) is 0 Å². The second-order valence-corrected chi connectivity index (χ2v) is 5.89. The second kappa shape index (κ2) is 5.73. The Morgan fingerprint density at radius 3 is 2.53 bits per heavy atom. The first kappa shape index (κ1) is 14.0. The molecule has 1 heterocycles. The number of thiazole rings is 1. The van der Waals surface area contributed by atoms with Crippen LogP contribution in [0.5, 0.6) is 0 Å². The van der Waals surface area contributed by atoms with Crippen molar-refractivity contribution < 1.29 is 4.92 Å². The summed E-state index contributed by atoms with van der Waals surface area (Å²) in [6, 6.07) is 2.53. The SMILES string of the molecule is Cc1cnc(CNc2c(Cl)cc([N+](=O)[O-])cc2Cl)s1. The van der Waals surface area contributed by atoms with E-state index in [0.29, 0.717) is 12.2 Å². The molecule has 0 saturated heterocycles. The first-order valence-corrected chi connectivity index (χ1v) is 6.83. The van der Waals surface area contributed by atoms with Gasteiger partial charge in [-0.3, -0.25) is 10.1 Å². The fourth-order valence-electron chi connectivity index (χ4n) is 1.48. The van der Waals surface area contributed by atoms with Crippen molar-refractivity contribution in [1.82, 2.24) is 4.98 Å². The lowest BCUT2D eigenvalue weighted by Gasteiger charge is -2.08. The number of halogens is 2. The predicted octanol–water partition coefficient (Wildman–Crippen LogP) is 4.28. The number of non-ortho nitro benzene ring substituents is 1. The van der Waals surface area contributed by atoms with E-state index in [2.05, 4.69) is 10.3 Å². The summed E-state index contributed by atoms with van der Waals surface area (Å²) in [7, 11) is 0. The third-order valence-corrected chi connectivity index (χ3v) is 3.83. The van der Waals surface area contributed by atoms with E-state index < -0.39 is 4.92 Å². The molecule has 1 aromatic heterocycles. The Labute approximate surface area is 123 Å². The van der Waals surface area contributed by atoms with Gasteiger partial charge in [0.1, 0.15) is 5.01 Å². The molecule has 0 spiro atoms. The third kappa shape index (κ3) is 3.34. The van der Waals surface area contributed by atoms with E-state index in [4.69, 9.17) is 23.2 Å². The van der Waals surface area contributed by atoms with Crippen LogP contribution in [-0.4, -0.2) is 9.91 Å². The quantitative estimate of drug-likeness (QED) is 0.675. The predicted molar refractivity (Wildman–Crippen MR) is 77.3 cm³/mol. The number of nitro benzene ring substituents is 1. The summed E-state index contributed by atoms with van der Waals surface area (Å²) in [6.45, 7) is 2.43. The smallest absolute Gasteiger partial charge is 0.272 e. The van der Waals surface area contributed by atoms with Crippen molar-refractivity contribution in [1.29, 1.82) is 0 Å². The summed E-state index contributed by atoms with van der Waals surface area (Å²) in [4.78, 5) is 15.4. The molecule has 0 aliphatic heterocycles. The van der Waals surface area contributed by atoms with Crippen LogP contribution < -0.4 is 5.32 Å². The van der Waals surface area contributed by atoms with E-state index in [0.717, 1.165) is 9.88 Å². The van der Waals surface area contributed by atoms with Crippen LogP contribution >= 0.6 is 34.5 Å². The number of anilines is 1. The number of benzene rings is 1. The van der Waals surface area contributed by atoms with Crippen molar-refractivity contribution in [3.63, 3.8) is 0 Å². The first-order valence-electron chi connectivity index (χ1n) is 5.26. The highest BCUT2D eigenvalue weighted by molar-refractivity contribution is 7.11. The van der Waals surface area contributed by atoms with Crippen LogP contribution in [0.4, 0.5) is 11.4 Å². The molecule has 100 valence electrons. The van der Waals surface area contributed by atoms with Crippen LogP contribution in [0.25, 0.3) is 0 Å². The highest BCUT2D eigenvalue weighted by atomic mass is 35.5. The van der Waals surface area contributed by atoms with Crippen LogP contribution in [0.2, 0.25) is 10.0 Å². The topological polar surface area (TPSA) is 68.1 Å². The summed E-state index contributed by atoms with van der Waals surface area (Å²) in [6.07, 6.45) is 1.78. The zero-order valence-corrected chi connectivity index (χ0v) is 12.1. The van der Waals surface area contributed by atoms with E-state index in [1.54, 1.807) is 17.5 Å². The maximum absolute atomic E-state index is 10.7. The van der Waals surface area contributed by atoms with Gasteiger partial charge < -0.3 is 5.32 Å².